The first-order chi connectivity index (χ1) is 8.20. The SMILES string of the molecule is CC(C)(C)OC(=O)C(=O)C(Br)c1ccc(F)cc1. The molecular weight excluding hydrogens is 303 g/mol. The summed E-state index contributed by atoms with van der Waals surface area (Å²) in [6.07, 6.45) is 0. The molecule has 0 aliphatic rings. The first kappa shape index (κ1) is 14.8. The van der Waals surface area contributed by atoms with Crippen LogP contribution in [0.3, 0.4) is 0 Å². The van der Waals surface area contributed by atoms with Crippen LogP contribution in [0.4, 0.5) is 4.39 Å². The molecule has 1 rings (SSSR count). The van der Waals surface area contributed by atoms with Crippen molar-refractivity contribution in [1.82, 2.24) is 0 Å². The predicted molar refractivity (Wildman–Crippen MR) is 68.9 cm³/mol. The number of hydrogen-bond donors (Lipinski definition) is 0. The number of ketones is 1. The number of halogens is 2. The van der Waals surface area contributed by atoms with Crippen molar-refractivity contribution in [1.29, 1.82) is 0 Å². The molecule has 0 N–H and O–H groups in total. The second-order valence-electron chi connectivity index (χ2n) is 4.78. The Morgan fingerprint density at radius 1 is 1.22 bits per heavy atom. The summed E-state index contributed by atoms with van der Waals surface area (Å²) in [6.45, 7) is 5.04. The molecule has 0 bridgehead atoms. The van der Waals surface area contributed by atoms with Crippen molar-refractivity contribution in [3.05, 3.63) is 35.6 Å². The lowest BCUT2D eigenvalue weighted by atomic mass is 10.1. The molecule has 0 aliphatic heterocycles. The average molecular weight is 317 g/mol. The van der Waals surface area contributed by atoms with E-state index in [-0.39, 0.29) is 0 Å². The van der Waals surface area contributed by atoms with E-state index in [1.165, 1.54) is 24.3 Å². The monoisotopic (exact) mass is 316 g/mol. The molecule has 1 unspecified atom stereocenters. The summed E-state index contributed by atoms with van der Waals surface area (Å²) in [7, 11) is 0. The Labute approximate surface area is 113 Å². The lowest BCUT2D eigenvalue weighted by Crippen LogP contribution is -2.30. The van der Waals surface area contributed by atoms with E-state index in [4.69, 9.17) is 4.74 Å². The largest absolute Gasteiger partial charge is 0.454 e. The Hall–Kier alpha value is -1.23. The molecule has 3 nitrogen and oxygen atoms in total. The fraction of sp³-hybridized carbons (Fsp3) is 0.385. The van der Waals surface area contributed by atoms with Gasteiger partial charge in [-0.15, -0.1) is 0 Å². The van der Waals surface area contributed by atoms with Gasteiger partial charge in [-0.2, -0.15) is 0 Å². The number of benzene rings is 1. The van der Waals surface area contributed by atoms with E-state index in [1.54, 1.807) is 20.8 Å². The van der Waals surface area contributed by atoms with Crippen molar-refractivity contribution in [3.8, 4) is 0 Å². The Morgan fingerprint density at radius 2 is 1.72 bits per heavy atom. The number of alkyl halides is 1. The molecule has 0 amide bonds. The van der Waals surface area contributed by atoms with Gasteiger partial charge in [0.1, 0.15) is 16.2 Å². The van der Waals surface area contributed by atoms with Crippen LogP contribution < -0.4 is 0 Å². The van der Waals surface area contributed by atoms with Crippen molar-refractivity contribution in [2.24, 2.45) is 0 Å². The van der Waals surface area contributed by atoms with Crippen LogP contribution >= 0.6 is 15.9 Å². The summed E-state index contributed by atoms with van der Waals surface area (Å²) < 4.78 is 17.7. The zero-order valence-corrected chi connectivity index (χ0v) is 12.0. The van der Waals surface area contributed by atoms with E-state index in [9.17, 15) is 14.0 Å². The number of Topliss-reactive ketones (excluding diaryl/α,β-unsaturated/α-hetero) is 1. The van der Waals surface area contributed by atoms with Gasteiger partial charge in [0, 0.05) is 0 Å². The summed E-state index contributed by atoms with van der Waals surface area (Å²) >= 11 is 3.11. The van der Waals surface area contributed by atoms with Crippen molar-refractivity contribution < 1.29 is 18.7 Å². The van der Waals surface area contributed by atoms with Gasteiger partial charge in [0.2, 0.25) is 0 Å². The first-order valence-corrected chi connectivity index (χ1v) is 6.29. The summed E-state index contributed by atoms with van der Waals surface area (Å²) in [6, 6.07) is 5.34. The maximum Gasteiger partial charge on any atom is 0.376 e. The molecule has 1 aromatic rings. The molecular formula is C13H14BrFO3. The van der Waals surface area contributed by atoms with Crippen LogP contribution in [-0.4, -0.2) is 17.4 Å². The van der Waals surface area contributed by atoms with Crippen molar-refractivity contribution >= 4 is 27.7 Å². The fourth-order valence-corrected chi connectivity index (χ4v) is 1.71. The van der Waals surface area contributed by atoms with Crippen LogP contribution in [0.25, 0.3) is 0 Å². The molecule has 0 fully saturated rings. The van der Waals surface area contributed by atoms with E-state index in [0.717, 1.165) is 0 Å². The molecule has 0 saturated heterocycles. The first-order valence-electron chi connectivity index (χ1n) is 5.37. The maximum absolute atomic E-state index is 12.7. The van der Waals surface area contributed by atoms with Gasteiger partial charge in [-0.05, 0) is 38.5 Å². The smallest absolute Gasteiger partial charge is 0.376 e. The van der Waals surface area contributed by atoms with Crippen LogP contribution in [-0.2, 0) is 14.3 Å². The van der Waals surface area contributed by atoms with Crippen molar-refractivity contribution in [3.63, 3.8) is 0 Å². The topological polar surface area (TPSA) is 43.4 Å². The predicted octanol–water partition coefficient (Wildman–Crippen LogP) is 3.17. The normalized spacial score (nSPS) is 12.9. The summed E-state index contributed by atoms with van der Waals surface area (Å²) in [5.74, 6) is -2.02. The van der Waals surface area contributed by atoms with E-state index in [1.807, 2.05) is 0 Å². The molecule has 98 valence electrons. The Morgan fingerprint density at radius 3 is 2.17 bits per heavy atom. The van der Waals surface area contributed by atoms with Gasteiger partial charge < -0.3 is 4.74 Å². The van der Waals surface area contributed by atoms with Gasteiger partial charge in [0.05, 0.1) is 0 Å². The average Bonchev–Trinajstić information content (AvgIpc) is 2.26. The van der Waals surface area contributed by atoms with Crippen molar-refractivity contribution in [2.45, 2.75) is 31.2 Å². The highest BCUT2D eigenvalue weighted by Gasteiger charge is 2.29. The lowest BCUT2D eigenvalue weighted by Gasteiger charge is -2.19. The standard InChI is InChI=1S/C13H14BrFO3/c1-13(2,3)18-12(17)11(16)10(14)8-4-6-9(15)7-5-8/h4-7,10H,1-3H3. The third-order valence-electron chi connectivity index (χ3n) is 1.99. The van der Waals surface area contributed by atoms with Crippen LogP contribution in [0.2, 0.25) is 0 Å². The third kappa shape index (κ3) is 4.22. The number of ether oxygens (including phenoxy) is 1. The molecule has 0 saturated carbocycles. The number of hydrogen-bond acceptors (Lipinski definition) is 3. The lowest BCUT2D eigenvalue weighted by molar-refractivity contribution is -0.162. The van der Waals surface area contributed by atoms with Gasteiger partial charge in [-0.3, -0.25) is 4.79 Å². The number of rotatable bonds is 3. The Balaban J connectivity index is 2.78. The molecule has 0 radical (unpaired) electrons. The minimum Gasteiger partial charge on any atom is -0.454 e. The second kappa shape index (κ2) is 5.61. The summed E-state index contributed by atoms with van der Waals surface area (Å²) in [5, 5.41) is 0. The Bertz CT molecular complexity index is 448. The molecule has 0 aliphatic carbocycles. The third-order valence-corrected chi connectivity index (χ3v) is 2.94. The van der Waals surface area contributed by atoms with E-state index in [0.29, 0.717) is 5.56 Å². The number of esters is 1. The highest BCUT2D eigenvalue weighted by molar-refractivity contribution is 9.09. The minimum absolute atomic E-state index is 0.400. The van der Waals surface area contributed by atoms with Crippen LogP contribution in [0, 0.1) is 5.82 Å². The Kier molecular flexibility index (Phi) is 4.62. The molecule has 1 aromatic carbocycles. The molecule has 5 heteroatoms. The second-order valence-corrected chi connectivity index (χ2v) is 5.70. The van der Waals surface area contributed by atoms with Gasteiger partial charge in [-0.1, -0.05) is 28.1 Å². The van der Waals surface area contributed by atoms with Gasteiger partial charge in [0.25, 0.3) is 5.78 Å². The van der Waals surface area contributed by atoms with Gasteiger partial charge >= 0.3 is 5.97 Å². The van der Waals surface area contributed by atoms with E-state index in [2.05, 4.69) is 15.9 Å². The minimum atomic E-state index is -0.909. The molecule has 18 heavy (non-hydrogen) atoms. The van der Waals surface area contributed by atoms with Crippen molar-refractivity contribution in [2.75, 3.05) is 0 Å². The zero-order chi connectivity index (χ0) is 13.9. The maximum atomic E-state index is 12.7. The summed E-state index contributed by atoms with van der Waals surface area (Å²) in [4.78, 5) is 22.5. The molecule has 1 atom stereocenters. The quantitative estimate of drug-likeness (QED) is 0.488. The van der Waals surface area contributed by atoms with Crippen LogP contribution in [0.15, 0.2) is 24.3 Å². The fourth-order valence-electron chi connectivity index (χ4n) is 1.21. The highest BCUT2D eigenvalue weighted by Crippen LogP contribution is 2.25. The molecule has 0 heterocycles. The number of carbonyl (C=O) groups excluding carboxylic acids is 2. The van der Waals surface area contributed by atoms with Crippen LogP contribution in [0.5, 0.6) is 0 Å². The molecule has 0 spiro atoms. The molecule has 0 aromatic heterocycles. The highest BCUT2D eigenvalue weighted by atomic mass is 79.9. The van der Waals surface area contributed by atoms with Gasteiger partial charge in [-0.25, -0.2) is 9.18 Å². The zero-order valence-electron chi connectivity index (χ0n) is 10.4. The van der Waals surface area contributed by atoms with Gasteiger partial charge in [0.15, 0.2) is 0 Å². The number of carbonyl (C=O) groups is 2. The van der Waals surface area contributed by atoms with E-state index >= 15 is 0 Å². The van der Waals surface area contributed by atoms with Crippen LogP contribution in [0.1, 0.15) is 31.2 Å². The van der Waals surface area contributed by atoms with E-state index < -0.39 is 28.0 Å². The summed E-state index contributed by atoms with van der Waals surface area (Å²) in [5.41, 5.74) is -0.213.